The molecule has 96 valence electrons. The highest BCUT2D eigenvalue weighted by Gasteiger charge is 2.08. The first-order valence-electron chi connectivity index (χ1n) is 6.48. The molecule has 2 aromatic heterocycles. The molecule has 0 amide bonds. The lowest BCUT2D eigenvalue weighted by molar-refractivity contribution is 0.567. The number of fused-ring (bicyclic) bond motifs is 3. The summed E-state index contributed by atoms with van der Waals surface area (Å²) in [6.45, 7) is 0. The van der Waals surface area contributed by atoms with Crippen LogP contribution in [0.15, 0.2) is 76.6 Å². The summed E-state index contributed by atoms with van der Waals surface area (Å²) in [4.78, 5) is 0. The highest BCUT2D eigenvalue weighted by atomic mass is 16.3. The summed E-state index contributed by atoms with van der Waals surface area (Å²) in [5.41, 5.74) is 3.16. The number of hydrogen-bond acceptors (Lipinski definition) is 2. The summed E-state index contributed by atoms with van der Waals surface area (Å²) in [6, 6.07) is 18.5. The molecule has 0 saturated heterocycles. The molecule has 2 heterocycles. The molecule has 4 aromatic rings. The van der Waals surface area contributed by atoms with E-state index >= 15 is 0 Å². The molecular weight excluding hydrogens is 248 g/mol. The van der Waals surface area contributed by atoms with E-state index < -0.39 is 0 Å². The maximum absolute atomic E-state index is 5.06. The Morgan fingerprint density at radius 3 is 2.10 bits per heavy atom. The van der Waals surface area contributed by atoms with Crippen LogP contribution in [-0.4, -0.2) is 10.9 Å². The van der Waals surface area contributed by atoms with Crippen molar-refractivity contribution < 1.29 is 4.42 Å². The van der Waals surface area contributed by atoms with Crippen LogP contribution >= 0.6 is 0 Å². The molecule has 0 aliphatic carbocycles. The number of benzene rings is 2. The van der Waals surface area contributed by atoms with Crippen LogP contribution in [0.4, 0.5) is 0 Å². The molecule has 0 spiro atoms. The number of para-hydroxylation sites is 2. The van der Waals surface area contributed by atoms with Crippen LogP contribution in [0, 0.1) is 0 Å². The van der Waals surface area contributed by atoms with Crippen LogP contribution in [0.5, 0.6) is 0 Å². The van der Waals surface area contributed by atoms with E-state index in [0.717, 1.165) is 16.6 Å². The summed E-state index contributed by atoms with van der Waals surface area (Å²) in [6.07, 6.45) is 5.13. The average molecular weight is 260 g/mol. The molecular formula is C17H12N2O. The van der Waals surface area contributed by atoms with E-state index in [1.54, 1.807) is 12.5 Å². The Labute approximate surface area is 115 Å². The first-order valence-corrected chi connectivity index (χ1v) is 6.48. The van der Waals surface area contributed by atoms with Crippen molar-refractivity contribution in [3.05, 3.63) is 72.7 Å². The van der Waals surface area contributed by atoms with E-state index in [2.05, 4.69) is 41.5 Å². The van der Waals surface area contributed by atoms with Gasteiger partial charge in [-0.2, -0.15) is 5.10 Å². The lowest BCUT2D eigenvalue weighted by atomic mass is 10.2. The van der Waals surface area contributed by atoms with Crippen LogP contribution in [0.1, 0.15) is 5.56 Å². The van der Waals surface area contributed by atoms with Gasteiger partial charge in [0, 0.05) is 16.3 Å². The van der Waals surface area contributed by atoms with E-state index in [9.17, 15) is 0 Å². The standard InChI is InChI=1S/C17H12N2O/c1-3-7-16-14(5-1)15-6-2-4-8-17(15)19(16)18-11-13-9-10-20-12-13/h1-12H/b18-11+. The highest BCUT2D eigenvalue weighted by molar-refractivity contribution is 6.08. The minimum atomic E-state index is 0.951. The molecule has 0 N–H and O–H groups in total. The average Bonchev–Trinajstić information content (AvgIpc) is 3.11. The number of furan rings is 1. The van der Waals surface area contributed by atoms with Crippen molar-refractivity contribution in [1.82, 2.24) is 4.68 Å². The summed E-state index contributed by atoms with van der Waals surface area (Å²) < 4.78 is 7.03. The first kappa shape index (κ1) is 11.1. The smallest absolute Gasteiger partial charge is 0.0991 e. The summed E-state index contributed by atoms with van der Waals surface area (Å²) in [5, 5.41) is 7.03. The molecule has 20 heavy (non-hydrogen) atoms. The third-order valence-corrected chi connectivity index (χ3v) is 3.42. The molecule has 0 aliphatic heterocycles. The fourth-order valence-corrected chi connectivity index (χ4v) is 2.50. The Kier molecular flexibility index (Phi) is 2.42. The van der Waals surface area contributed by atoms with Crippen molar-refractivity contribution in [2.24, 2.45) is 5.10 Å². The molecule has 2 aromatic carbocycles. The second kappa shape index (κ2) is 4.38. The maximum atomic E-state index is 5.06. The van der Waals surface area contributed by atoms with E-state index in [4.69, 9.17) is 4.42 Å². The van der Waals surface area contributed by atoms with Crippen LogP contribution in [0.25, 0.3) is 21.8 Å². The monoisotopic (exact) mass is 260 g/mol. The summed E-state index contributed by atoms with van der Waals surface area (Å²) in [5.74, 6) is 0. The van der Waals surface area contributed by atoms with Crippen LogP contribution in [0.3, 0.4) is 0 Å². The van der Waals surface area contributed by atoms with Crippen molar-refractivity contribution in [1.29, 1.82) is 0 Å². The van der Waals surface area contributed by atoms with Gasteiger partial charge in [0.25, 0.3) is 0 Å². The number of nitrogens with zero attached hydrogens (tertiary/aromatic N) is 2. The fraction of sp³-hybridized carbons (Fsp3) is 0. The van der Waals surface area contributed by atoms with Gasteiger partial charge in [-0.15, -0.1) is 0 Å². The van der Waals surface area contributed by atoms with E-state index in [-0.39, 0.29) is 0 Å². The summed E-state index contributed by atoms with van der Waals surface area (Å²) >= 11 is 0. The first-order chi connectivity index (χ1) is 9.93. The normalized spacial score (nSPS) is 11.8. The quantitative estimate of drug-likeness (QED) is 0.495. The third kappa shape index (κ3) is 1.64. The van der Waals surface area contributed by atoms with Gasteiger partial charge in [-0.3, -0.25) is 0 Å². The van der Waals surface area contributed by atoms with E-state index in [0.29, 0.717) is 0 Å². The van der Waals surface area contributed by atoms with Crippen molar-refractivity contribution in [3.8, 4) is 0 Å². The fourth-order valence-electron chi connectivity index (χ4n) is 2.50. The highest BCUT2D eigenvalue weighted by Crippen LogP contribution is 2.28. The van der Waals surface area contributed by atoms with Gasteiger partial charge in [0.2, 0.25) is 0 Å². The summed E-state index contributed by atoms with van der Waals surface area (Å²) in [7, 11) is 0. The van der Waals surface area contributed by atoms with Gasteiger partial charge in [-0.05, 0) is 18.2 Å². The Balaban J connectivity index is 2.00. The number of hydrogen-bond donors (Lipinski definition) is 0. The zero-order valence-corrected chi connectivity index (χ0v) is 10.7. The largest absolute Gasteiger partial charge is 0.472 e. The third-order valence-electron chi connectivity index (χ3n) is 3.42. The Morgan fingerprint density at radius 1 is 0.850 bits per heavy atom. The van der Waals surface area contributed by atoms with Gasteiger partial charge < -0.3 is 4.42 Å². The lowest BCUT2D eigenvalue weighted by Gasteiger charge is -1.98. The zero-order chi connectivity index (χ0) is 13.4. The molecule has 3 nitrogen and oxygen atoms in total. The molecule has 0 saturated carbocycles. The van der Waals surface area contributed by atoms with Gasteiger partial charge in [0.15, 0.2) is 0 Å². The molecule has 0 aliphatic rings. The molecule has 4 rings (SSSR count). The van der Waals surface area contributed by atoms with Crippen LogP contribution in [-0.2, 0) is 0 Å². The molecule has 0 bridgehead atoms. The van der Waals surface area contributed by atoms with Gasteiger partial charge in [0.1, 0.15) is 0 Å². The second-order valence-corrected chi connectivity index (χ2v) is 4.65. The second-order valence-electron chi connectivity index (χ2n) is 4.65. The van der Waals surface area contributed by atoms with Crippen LogP contribution in [0.2, 0.25) is 0 Å². The molecule has 0 unspecified atom stereocenters. The molecule has 3 heteroatoms. The SMILES string of the molecule is C(=N\n1c2ccccc2c2ccccc21)/c1ccoc1. The molecule has 0 atom stereocenters. The Hall–Kier alpha value is -2.81. The van der Waals surface area contributed by atoms with E-state index in [1.165, 1.54) is 10.8 Å². The Morgan fingerprint density at radius 2 is 1.50 bits per heavy atom. The van der Waals surface area contributed by atoms with Crippen LogP contribution < -0.4 is 0 Å². The molecule has 0 radical (unpaired) electrons. The van der Waals surface area contributed by atoms with Crippen molar-refractivity contribution in [3.63, 3.8) is 0 Å². The predicted octanol–water partition coefficient (Wildman–Crippen LogP) is 4.27. The Bertz CT molecular complexity index is 848. The van der Waals surface area contributed by atoms with Crippen molar-refractivity contribution in [2.75, 3.05) is 0 Å². The van der Waals surface area contributed by atoms with Gasteiger partial charge in [0.05, 0.1) is 29.8 Å². The molecule has 0 fully saturated rings. The van der Waals surface area contributed by atoms with Gasteiger partial charge >= 0.3 is 0 Å². The van der Waals surface area contributed by atoms with Gasteiger partial charge in [-0.1, -0.05) is 36.4 Å². The minimum absolute atomic E-state index is 0.951. The lowest BCUT2D eigenvalue weighted by Crippen LogP contribution is -1.89. The predicted molar refractivity (Wildman–Crippen MR) is 81.1 cm³/mol. The topological polar surface area (TPSA) is 30.4 Å². The zero-order valence-electron chi connectivity index (χ0n) is 10.7. The van der Waals surface area contributed by atoms with Crippen molar-refractivity contribution >= 4 is 28.0 Å². The van der Waals surface area contributed by atoms with Crippen molar-refractivity contribution in [2.45, 2.75) is 0 Å². The van der Waals surface area contributed by atoms with E-state index in [1.807, 2.05) is 29.1 Å². The number of rotatable bonds is 2. The van der Waals surface area contributed by atoms with Gasteiger partial charge in [-0.25, -0.2) is 4.68 Å². The number of aromatic nitrogens is 1. The maximum Gasteiger partial charge on any atom is 0.0991 e. The minimum Gasteiger partial charge on any atom is -0.472 e.